The summed E-state index contributed by atoms with van der Waals surface area (Å²) < 4.78 is 0. The normalized spacial score (nSPS) is 21.8. The molecule has 20 heavy (non-hydrogen) atoms. The molecule has 1 heterocycles. The van der Waals surface area contributed by atoms with Gasteiger partial charge < -0.3 is 5.32 Å². The average molecular weight is 315 g/mol. The van der Waals surface area contributed by atoms with Crippen LogP contribution >= 0.6 is 23.2 Å². The van der Waals surface area contributed by atoms with E-state index < -0.39 is 0 Å². The molecule has 1 unspecified atom stereocenters. The molecule has 0 saturated carbocycles. The summed E-state index contributed by atoms with van der Waals surface area (Å²) in [6.45, 7) is 11.0. The molecule has 0 aliphatic carbocycles. The fourth-order valence-corrected chi connectivity index (χ4v) is 3.01. The highest BCUT2D eigenvalue weighted by Gasteiger charge is 2.28. The van der Waals surface area contributed by atoms with Crippen LogP contribution in [0.2, 0.25) is 10.0 Å². The monoisotopic (exact) mass is 314 g/mol. The number of hydrogen-bond acceptors (Lipinski definition) is 2. The Hall–Kier alpha value is -0.280. The van der Waals surface area contributed by atoms with Crippen molar-refractivity contribution in [2.45, 2.75) is 39.8 Å². The molecule has 1 aromatic rings. The molecule has 4 heteroatoms. The van der Waals surface area contributed by atoms with Crippen LogP contribution in [0.15, 0.2) is 18.2 Å². The third-order valence-electron chi connectivity index (χ3n) is 3.95. The summed E-state index contributed by atoms with van der Waals surface area (Å²) in [6.07, 6.45) is 1.17. The Labute approximate surface area is 132 Å². The van der Waals surface area contributed by atoms with Crippen LogP contribution < -0.4 is 5.32 Å². The lowest BCUT2D eigenvalue weighted by molar-refractivity contribution is 0.192. The van der Waals surface area contributed by atoms with E-state index in [4.69, 9.17) is 23.2 Å². The number of nitrogens with zero attached hydrogens (tertiary/aromatic N) is 1. The van der Waals surface area contributed by atoms with Gasteiger partial charge in [0.1, 0.15) is 0 Å². The summed E-state index contributed by atoms with van der Waals surface area (Å²) in [5, 5.41) is 5.00. The van der Waals surface area contributed by atoms with E-state index in [0.717, 1.165) is 31.7 Å². The van der Waals surface area contributed by atoms with Gasteiger partial charge in [-0.15, -0.1) is 0 Å². The smallest absolute Gasteiger partial charge is 0.0637 e. The van der Waals surface area contributed by atoms with Gasteiger partial charge in [0.05, 0.1) is 10.0 Å². The molecule has 2 nitrogen and oxygen atoms in total. The second kappa shape index (κ2) is 6.65. The van der Waals surface area contributed by atoms with Crippen molar-refractivity contribution in [3.05, 3.63) is 33.8 Å². The first-order valence-electron chi connectivity index (χ1n) is 7.26. The number of rotatable bonds is 2. The fraction of sp³-hybridized carbons (Fsp3) is 0.625. The molecule has 1 N–H and O–H groups in total. The molecule has 1 saturated heterocycles. The minimum atomic E-state index is 0.265. The van der Waals surface area contributed by atoms with Gasteiger partial charge in [0, 0.05) is 19.1 Å². The third kappa shape index (κ3) is 4.11. The topological polar surface area (TPSA) is 15.3 Å². The molecule has 0 spiro atoms. The van der Waals surface area contributed by atoms with Crippen molar-refractivity contribution < 1.29 is 0 Å². The fourth-order valence-electron chi connectivity index (χ4n) is 2.63. The maximum absolute atomic E-state index is 6.31. The highest BCUT2D eigenvalue weighted by atomic mass is 35.5. The molecule has 1 fully saturated rings. The van der Waals surface area contributed by atoms with Crippen molar-refractivity contribution in [2.75, 3.05) is 19.6 Å². The molecule has 1 atom stereocenters. The lowest BCUT2D eigenvalue weighted by Gasteiger charge is -2.33. The van der Waals surface area contributed by atoms with Crippen LogP contribution in [0.25, 0.3) is 0 Å². The van der Waals surface area contributed by atoms with Gasteiger partial charge in [0.15, 0.2) is 0 Å². The van der Waals surface area contributed by atoms with Crippen LogP contribution in [0, 0.1) is 5.41 Å². The van der Waals surface area contributed by atoms with Crippen LogP contribution in [-0.4, -0.2) is 30.6 Å². The second-order valence-electron chi connectivity index (χ2n) is 6.67. The number of nitrogens with one attached hydrogen (secondary N) is 1. The Bertz CT molecular complexity index is 454. The van der Waals surface area contributed by atoms with E-state index in [1.165, 1.54) is 6.42 Å². The Morgan fingerprint density at radius 2 is 2.05 bits per heavy atom. The molecule has 0 aromatic heterocycles. The summed E-state index contributed by atoms with van der Waals surface area (Å²) in [5.41, 5.74) is 1.38. The minimum Gasteiger partial charge on any atom is -0.312 e. The summed E-state index contributed by atoms with van der Waals surface area (Å²) in [7, 11) is 0. The van der Waals surface area contributed by atoms with Crippen LogP contribution in [0.3, 0.4) is 0 Å². The van der Waals surface area contributed by atoms with E-state index in [2.05, 4.69) is 37.1 Å². The van der Waals surface area contributed by atoms with Gasteiger partial charge >= 0.3 is 0 Å². The Kier molecular flexibility index (Phi) is 5.36. The zero-order chi connectivity index (χ0) is 14.8. The van der Waals surface area contributed by atoms with Gasteiger partial charge in [-0.1, -0.05) is 56.1 Å². The summed E-state index contributed by atoms with van der Waals surface area (Å²) in [5.74, 6) is 0. The zero-order valence-electron chi connectivity index (χ0n) is 12.5. The predicted molar refractivity (Wildman–Crippen MR) is 87.6 cm³/mol. The molecule has 112 valence electrons. The summed E-state index contributed by atoms with van der Waals surface area (Å²) in [6, 6.07) is 6.39. The van der Waals surface area contributed by atoms with E-state index in [1.54, 1.807) is 0 Å². The molecule has 0 bridgehead atoms. The van der Waals surface area contributed by atoms with Gasteiger partial charge in [0.25, 0.3) is 0 Å². The predicted octanol–water partition coefficient (Wildman–Crippen LogP) is 4.20. The van der Waals surface area contributed by atoms with E-state index in [1.807, 2.05) is 12.1 Å². The molecule has 0 radical (unpaired) electrons. The molecule has 1 aliphatic rings. The largest absolute Gasteiger partial charge is 0.312 e. The van der Waals surface area contributed by atoms with Gasteiger partial charge in [-0.05, 0) is 36.6 Å². The number of benzene rings is 1. The third-order valence-corrected chi connectivity index (χ3v) is 4.81. The van der Waals surface area contributed by atoms with Crippen LogP contribution in [0.1, 0.15) is 32.8 Å². The second-order valence-corrected chi connectivity index (χ2v) is 7.46. The van der Waals surface area contributed by atoms with Crippen LogP contribution in [-0.2, 0) is 6.54 Å². The lowest BCUT2D eigenvalue weighted by atomic mass is 9.86. The molecular weight excluding hydrogens is 291 g/mol. The van der Waals surface area contributed by atoms with E-state index in [0.29, 0.717) is 16.1 Å². The summed E-state index contributed by atoms with van der Waals surface area (Å²) >= 11 is 12.4. The van der Waals surface area contributed by atoms with Crippen LogP contribution in [0.5, 0.6) is 0 Å². The highest BCUT2D eigenvalue weighted by molar-refractivity contribution is 6.42. The Morgan fingerprint density at radius 1 is 1.30 bits per heavy atom. The number of hydrogen-bond donors (Lipinski definition) is 1. The van der Waals surface area contributed by atoms with Crippen molar-refractivity contribution in [2.24, 2.45) is 5.41 Å². The van der Waals surface area contributed by atoms with Crippen molar-refractivity contribution in [1.29, 1.82) is 0 Å². The maximum atomic E-state index is 6.31. The molecule has 2 rings (SSSR count). The molecule has 1 aromatic carbocycles. The maximum Gasteiger partial charge on any atom is 0.0637 e. The average Bonchev–Trinajstić information content (AvgIpc) is 2.60. The van der Waals surface area contributed by atoms with Gasteiger partial charge in [0.2, 0.25) is 0 Å². The van der Waals surface area contributed by atoms with Gasteiger partial charge in [-0.25, -0.2) is 0 Å². The standard InChI is InChI=1S/C16H24Cl2N2/c1-16(2,3)14-11-20(9-5-8-19-14)10-12-6-4-7-13(17)15(12)18/h4,6-7,14,19H,5,8-11H2,1-3H3. The molecular formula is C16H24Cl2N2. The van der Waals surface area contributed by atoms with E-state index >= 15 is 0 Å². The van der Waals surface area contributed by atoms with Crippen molar-refractivity contribution >= 4 is 23.2 Å². The first-order valence-corrected chi connectivity index (χ1v) is 8.02. The van der Waals surface area contributed by atoms with E-state index in [-0.39, 0.29) is 5.41 Å². The van der Waals surface area contributed by atoms with E-state index in [9.17, 15) is 0 Å². The SMILES string of the molecule is CC(C)(C)C1CN(Cc2cccc(Cl)c2Cl)CCCN1. The zero-order valence-corrected chi connectivity index (χ0v) is 14.1. The lowest BCUT2D eigenvalue weighted by Crippen LogP contribution is -2.46. The van der Waals surface area contributed by atoms with Crippen molar-refractivity contribution in [1.82, 2.24) is 10.2 Å². The van der Waals surface area contributed by atoms with Gasteiger partial charge in [-0.2, -0.15) is 0 Å². The Balaban J connectivity index is 2.09. The van der Waals surface area contributed by atoms with Gasteiger partial charge in [-0.3, -0.25) is 4.90 Å². The first kappa shape index (κ1) is 16.1. The number of halogens is 2. The first-order chi connectivity index (χ1) is 9.38. The Morgan fingerprint density at radius 3 is 2.75 bits per heavy atom. The molecule has 1 aliphatic heterocycles. The van der Waals surface area contributed by atoms with Crippen molar-refractivity contribution in [3.8, 4) is 0 Å². The van der Waals surface area contributed by atoms with Crippen LogP contribution in [0.4, 0.5) is 0 Å². The van der Waals surface area contributed by atoms with Crippen molar-refractivity contribution in [3.63, 3.8) is 0 Å². The summed E-state index contributed by atoms with van der Waals surface area (Å²) in [4.78, 5) is 2.48. The molecule has 0 amide bonds. The highest BCUT2D eigenvalue weighted by Crippen LogP contribution is 2.28. The minimum absolute atomic E-state index is 0.265. The quantitative estimate of drug-likeness (QED) is 0.880.